The molecule has 4 aromatic rings. The minimum atomic E-state index is -0.505. The Hall–Kier alpha value is -3.39. The van der Waals surface area contributed by atoms with Gasteiger partial charge in [0.05, 0.1) is 6.54 Å². The molecule has 31 heavy (non-hydrogen) atoms. The molecule has 0 bridgehead atoms. The molecule has 0 unspecified atom stereocenters. The molecule has 7 nitrogen and oxygen atoms in total. The van der Waals surface area contributed by atoms with Crippen molar-refractivity contribution >= 4 is 28.7 Å². The summed E-state index contributed by atoms with van der Waals surface area (Å²) in [6.45, 7) is 0.524. The normalized spacial score (nSPS) is 11.2. The highest BCUT2D eigenvalue weighted by Gasteiger charge is 2.21. The maximum Gasteiger partial charge on any atom is 0.332 e. The van der Waals surface area contributed by atoms with E-state index >= 15 is 0 Å². The van der Waals surface area contributed by atoms with Gasteiger partial charge in [-0.25, -0.2) is 9.18 Å². The lowest BCUT2D eigenvalue weighted by Gasteiger charge is -2.13. The summed E-state index contributed by atoms with van der Waals surface area (Å²) in [4.78, 5) is 29.8. The summed E-state index contributed by atoms with van der Waals surface area (Å²) in [7, 11) is 2.95. The molecule has 0 saturated carbocycles. The van der Waals surface area contributed by atoms with Gasteiger partial charge in [0.2, 0.25) is 5.95 Å². The predicted octanol–water partition coefficient (Wildman–Crippen LogP) is 2.93. The van der Waals surface area contributed by atoms with Gasteiger partial charge in [0.1, 0.15) is 5.82 Å². The lowest BCUT2D eigenvalue weighted by molar-refractivity contribution is 0.601. The highest BCUT2D eigenvalue weighted by atomic mass is 35.5. The maximum absolute atomic E-state index is 14.5. The number of aryl methyl sites for hydroxylation is 1. The Kier molecular flexibility index (Phi) is 5.65. The number of nitrogens with zero attached hydrogens (tertiary/aromatic N) is 4. The van der Waals surface area contributed by atoms with Crippen LogP contribution in [0.5, 0.6) is 0 Å². The van der Waals surface area contributed by atoms with E-state index in [1.165, 1.54) is 23.7 Å². The number of fused-ring (bicyclic) bond motifs is 1. The van der Waals surface area contributed by atoms with Crippen LogP contribution in [0.1, 0.15) is 11.1 Å². The molecule has 2 aromatic carbocycles. The van der Waals surface area contributed by atoms with E-state index in [2.05, 4.69) is 10.3 Å². The number of nitrogens with one attached hydrogen (secondary N) is 1. The smallest absolute Gasteiger partial charge is 0.332 e. The Labute approximate surface area is 182 Å². The SMILES string of the molecule is Cn1c(=O)c2c(nc(NCCc3ccccc3)n2Cc2c(F)cccc2Cl)n(C)c1=O. The van der Waals surface area contributed by atoms with Crippen LogP contribution in [0.15, 0.2) is 58.1 Å². The number of aromatic nitrogens is 4. The summed E-state index contributed by atoms with van der Waals surface area (Å²) < 4.78 is 18.4. The fourth-order valence-electron chi connectivity index (χ4n) is 3.54. The average Bonchev–Trinajstić information content (AvgIpc) is 3.12. The number of hydrogen-bond acceptors (Lipinski definition) is 4. The van der Waals surface area contributed by atoms with Crippen molar-refractivity contribution in [2.75, 3.05) is 11.9 Å². The first-order valence-corrected chi connectivity index (χ1v) is 10.1. The van der Waals surface area contributed by atoms with E-state index < -0.39 is 17.1 Å². The zero-order valence-corrected chi connectivity index (χ0v) is 17.9. The molecule has 0 aliphatic rings. The van der Waals surface area contributed by atoms with Crippen LogP contribution in [-0.2, 0) is 27.1 Å². The van der Waals surface area contributed by atoms with Crippen LogP contribution in [0, 0.1) is 5.82 Å². The van der Waals surface area contributed by atoms with E-state index in [1.807, 2.05) is 30.3 Å². The molecule has 0 aliphatic heterocycles. The van der Waals surface area contributed by atoms with E-state index in [-0.39, 0.29) is 28.3 Å². The van der Waals surface area contributed by atoms with Crippen molar-refractivity contribution in [3.8, 4) is 0 Å². The van der Waals surface area contributed by atoms with Crippen molar-refractivity contribution in [3.63, 3.8) is 0 Å². The molecule has 160 valence electrons. The Bertz CT molecular complexity index is 1350. The fraction of sp³-hybridized carbons (Fsp3) is 0.227. The molecule has 0 spiro atoms. The van der Waals surface area contributed by atoms with Gasteiger partial charge in [-0.1, -0.05) is 48.0 Å². The lowest BCUT2D eigenvalue weighted by Crippen LogP contribution is -2.37. The molecule has 0 amide bonds. The molecule has 2 heterocycles. The third-order valence-corrected chi connectivity index (χ3v) is 5.62. The van der Waals surface area contributed by atoms with Crippen molar-refractivity contribution in [1.29, 1.82) is 0 Å². The molecule has 0 radical (unpaired) electrons. The van der Waals surface area contributed by atoms with Gasteiger partial charge < -0.3 is 5.32 Å². The van der Waals surface area contributed by atoms with Gasteiger partial charge in [-0.05, 0) is 24.1 Å². The minimum Gasteiger partial charge on any atom is -0.355 e. The van der Waals surface area contributed by atoms with Crippen LogP contribution in [0.3, 0.4) is 0 Å². The number of hydrogen-bond donors (Lipinski definition) is 1. The fourth-order valence-corrected chi connectivity index (χ4v) is 3.76. The van der Waals surface area contributed by atoms with Crippen molar-refractivity contribution < 1.29 is 4.39 Å². The maximum atomic E-state index is 14.5. The van der Waals surface area contributed by atoms with E-state index in [9.17, 15) is 14.0 Å². The Balaban J connectivity index is 1.81. The second-order valence-electron chi connectivity index (χ2n) is 7.26. The third-order valence-electron chi connectivity index (χ3n) is 5.27. The highest BCUT2D eigenvalue weighted by Crippen LogP contribution is 2.24. The number of halogens is 2. The third kappa shape index (κ3) is 3.86. The quantitative estimate of drug-likeness (QED) is 0.499. The number of anilines is 1. The average molecular weight is 442 g/mol. The van der Waals surface area contributed by atoms with Crippen LogP contribution in [0.4, 0.5) is 10.3 Å². The monoisotopic (exact) mass is 441 g/mol. The Morgan fingerprint density at radius 3 is 2.48 bits per heavy atom. The van der Waals surface area contributed by atoms with Crippen molar-refractivity contribution in [2.45, 2.75) is 13.0 Å². The zero-order valence-electron chi connectivity index (χ0n) is 17.1. The Morgan fingerprint density at radius 2 is 1.77 bits per heavy atom. The number of benzene rings is 2. The summed E-state index contributed by atoms with van der Waals surface area (Å²) in [6.07, 6.45) is 0.724. The van der Waals surface area contributed by atoms with E-state index in [4.69, 9.17) is 11.6 Å². The van der Waals surface area contributed by atoms with Crippen LogP contribution in [0.2, 0.25) is 5.02 Å². The lowest BCUT2D eigenvalue weighted by atomic mass is 10.1. The van der Waals surface area contributed by atoms with Crippen LogP contribution >= 0.6 is 11.6 Å². The second-order valence-corrected chi connectivity index (χ2v) is 7.67. The highest BCUT2D eigenvalue weighted by molar-refractivity contribution is 6.31. The van der Waals surface area contributed by atoms with Gasteiger partial charge in [0, 0.05) is 31.2 Å². The summed E-state index contributed by atoms with van der Waals surface area (Å²) in [5, 5.41) is 3.48. The van der Waals surface area contributed by atoms with Gasteiger partial charge in [0.25, 0.3) is 5.56 Å². The molecule has 4 rings (SSSR count). The number of imidazole rings is 1. The first-order valence-electron chi connectivity index (χ1n) is 9.75. The molecule has 1 N–H and O–H groups in total. The largest absolute Gasteiger partial charge is 0.355 e. The van der Waals surface area contributed by atoms with Gasteiger partial charge in [0.15, 0.2) is 11.2 Å². The zero-order chi connectivity index (χ0) is 22.1. The molecule has 9 heteroatoms. The van der Waals surface area contributed by atoms with Crippen molar-refractivity contribution in [2.24, 2.45) is 14.1 Å². The second kappa shape index (κ2) is 8.39. The predicted molar refractivity (Wildman–Crippen MR) is 119 cm³/mol. The molecule has 2 aromatic heterocycles. The van der Waals surface area contributed by atoms with E-state index in [1.54, 1.807) is 17.7 Å². The first-order chi connectivity index (χ1) is 14.9. The van der Waals surface area contributed by atoms with Crippen molar-refractivity contribution in [3.05, 3.63) is 91.3 Å². The summed E-state index contributed by atoms with van der Waals surface area (Å²) in [6, 6.07) is 14.3. The van der Waals surface area contributed by atoms with Crippen molar-refractivity contribution in [1.82, 2.24) is 18.7 Å². The van der Waals surface area contributed by atoms with Gasteiger partial charge in [-0.2, -0.15) is 4.98 Å². The molecule has 0 atom stereocenters. The van der Waals surface area contributed by atoms with Crippen LogP contribution < -0.4 is 16.6 Å². The van der Waals surface area contributed by atoms with Crippen LogP contribution in [0.25, 0.3) is 11.2 Å². The van der Waals surface area contributed by atoms with Gasteiger partial charge in [-0.3, -0.25) is 18.5 Å². The molecule has 0 fully saturated rings. The minimum absolute atomic E-state index is 0.0108. The van der Waals surface area contributed by atoms with E-state index in [0.717, 1.165) is 16.6 Å². The van der Waals surface area contributed by atoms with E-state index in [0.29, 0.717) is 12.5 Å². The van der Waals surface area contributed by atoms with Crippen LogP contribution in [-0.4, -0.2) is 25.2 Å². The molecule has 0 saturated heterocycles. The summed E-state index contributed by atoms with van der Waals surface area (Å²) in [5.41, 5.74) is 0.814. The summed E-state index contributed by atoms with van der Waals surface area (Å²) in [5.74, 6) is -0.116. The van der Waals surface area contributed by atoms with Gasteiger partial charge >= 0.3 is 5.69 Å². The standard InChI is InChI=1S/C22H21ClFN5O2/c1-27-19-18(20(30)28(2)22(27)31)29(13-15-16(23)9-6-10-17(15)24)21(26-19)25-12-11-14-7-4-3-5-8-14/h3-10H,11-13H2,1-2H3,(H,25,26). The summed E-state index contributed by atoms with van der Waals surface area (Å²) >= 11 is 6.23. The molecular formula is C22H21ClFN5O2. The topological polar surface area (TPSA) is 73.8 Å². The first kappa shape index (κ1) is 20.9. The van der Waals surface area contributed by atoms with Gasteiger partial charge in [-0.15, -0.1) is 0 Å². The Morgan fingerprint density at radius 1 is 1.03 bits per heavy atom. The molecule has 0 aliphatic carbocycles. The number of rotatable bonds is 6. The molecular weight excluding hydrogens is 421 g/mol.